The fourth-order valence-corrected chi connectivity index (χ4v) is 4.29. The summed E-state index contributed by atoms with van der Waals surface area (Å²) in [5.74, 6) is 0.827. The minimum Gasteiger partial charge on any atom is -0.508 e. The maximum absolute atomic E-state index is 9.74. The minimum absolute atomic E-state index is 0.141. The highest BCUT2D eigenvalue weighted by Gasteiger charge is 2.44. The van der Waals surface area contributed by atoms with E-state index in [0.29, 0.717) is 11.7 Å². The molecule has 0 bridgehead atoms. The van der Waals surface area contributed by atoms with Crippen LogP contribution in [0.25, 0.3) is 0 Å². The molecule has 0 heterocycles. The second-order valence-corrected chi connectivity index (χ2v) is 7.01. The van der Waals surface area contributed by atoms with Gasteiger partial charge < -0.3 is 5.11 Å². The number of rotatable bonds is 2. The van der Waals surface area contributed by atoms with E-state index >= 15 is 0 Å². The first kappa shape index (κ1) is 15.0. The normalized spacial score (nSPS) is 22.3. The van der Waals surface area contributed by atoms with Gasteiger partial charge in [-0.2, -0.15) is 0 Å². The summed E-state index contributed by atoms with van der Waals surface area (Å²) in [6, 6.07) is 25.5. The van der Waals surface area contributed by atoms with Crippen LogP contribution in [0.1, 0.15) is 47.1 Å². The largest absolute Gasteiger partial charge is 0.508 e. The van der Waals surface area contributed by atoms with Gasteiger partial charge in [-0.15, -0.1) is 0 Å². The van der Waals surface area contributed by atoms with Crippen molar-refractivity contribution in [2.75, 3.05) is 0 Å². The molecule has 3 aromatic carbocycles. The lowest BCUT2D eigenvalue weighted by molar-refractivity contribution is 0.474. The number of aryl methyl sites for hydroxylation is 1. The zero-order valence-electron chi connectivity index (χ0n) is 14.2. The third-order valence-corrected chi connectivity index (χ3v) is 5.47. The van der Waals surface area contributed by atoms with Gasteiger partial charge in [-0.3, -0.25) is 0 Å². The second kappa shape index (κ2) is 5.52. The van der Waals surface area contributed by atoms with Crippen LogP contribution in [0.2, 0.25) is 0 Å². The summed E-state index contributed by atoms with van der Waals surface area (Å²) < 4.78 is 0. The molecule has 0 amide bonds. The average Bonchev–Trinajstić information content (AvgIpc) is 2.91. The van der Waals surface area contributed by atoms with Crippen molar-refractivity contribution in [1.29, 1.82) is 0 Å². The molecular weight excluding hydrogens is 292 g/mol. The third-order valence-electron chi connectivity index (χ3n) is 5.47. The van der Waals surface area contributed by atoms with Crippen molar-refractivity contribution in [3.63, 3.8) is 0 Å². The quantitative estimate of drug-likeness (QED) is 0.658. The summed E-state index contributed by atoms with van der Waals surface area (Å²) in [5.41, 5.74) is 6.55. The molecule has 24 heavy (non-hydrogen) atoms. The van der Waals surface area contributed by atoms with Crippen molar-refractivity contribution >= 4 is 0 Å². The van der Waals surface area contributed by atoms with Crippen LogP contribution in [0, 0.1) is 6.92 Å². The average molecular weight is 314 g/mol. The van der Waals surface area contributed by atoms with E-state index in [1.807, 2.05) is 0 Å². The molecule has 1 N–H and O–H groups in total. The SMILES string of the molecule is Cc1ccc(C2(c3ccc(O)cc3)CC(C)c3ccccc32)cc1. The molecule has 1 nitrogen and oxygen atoms in total. The highest BCUT2D eigenvalue weighted by atomic mass is 16.3. The number of fused-ring (bicyclic) bond motifs is 1. The Kier molecular flexibility index (Phi) is 3.45. The Bertz CT molecular complexity index is 814. The molecule has 2 atom stereocenters. The topological polar surface area (TPSA) is 20.2 Å². The van der Waals surface area contributed by atoms with Crippen LogP contribution in [0.4, 0.5) is 0 Å². The van der Waals surface area contributed by atoms with Gasteiger partial charge in [0.25, 0.3) is 0 Å². The number of hydrogen-bond acceptors (Lipinski definition) is 1. The molecular formula is C23H22O. The lowest BCUT2D eigenvalue weighted by Crippen LogP contribution is -2.26. The van der Waals surface area contributed by atoms with Gasteiger partial charge >= 0.3 is 0 Å². The maximum Gasteiger partial charge on any atom is 0.115 e. The van der Waals surface area contributed by atoms with Gasteiger partial charge in [0.1, 0.15) is 5.75 Å². The van der Waals surface area contributed by atoms with E-state index in [-0.39, 0.29) is 5.41 Å². The Labute approximate surface area is 143 Å². The minimum atomic E-state index is -0.141. The first-order valence-electron chi connectivity index (χ1n) is 8.57. The number of phenols is 1. The Hall–Kier alpha value is -2.54. The van der Waals surface area contributed by atoms with E-state index in [0.717, 1.165) is 6.42 Å². The van der Waals surface area contributed by atoms with Gasteiger partial charge in [0, 0.05) is 5.41 Å². The molecule has 2 unspecified atom stereocenters. The number of phenolic OH excluding ortho intramolecular Hbond substituents is 1. The smallest absolute Gasteiger partial charge is 0.115 e. The molecule has 0 radical (unpaired) electrons. The van der Waals surface area contributed by atoms with Crippen molar-refractivity contribution in [1.82, 2.24) is 0 Å². The molecule has 1 aliphatic carbocycles. The molecule has 0 saturated carbocycles. The highest BCUT2D eigenvalue weighted by Crippen LogP contribution is 2.53. The first-order valence-corrected chi connectivity index (χ1v) is 8.57. The molecule has 120 valence electrons. The van der Waals surface area contributed by atoms with E-state index in [4.69, 9.17) is 0 Å². The van der Waals surface area contributed by atoms with Crippen LogP contribution < -0.4 is 0 Å². The van der Waals surface area contributed by atoms with Gasteiger partial charge in [-0.05, 0) is 53.6 Å². The van der Waals surface area contributed by atoms with Crippen LogP contribution >= 0.6 is 0 Å². The molecule has 0 aromatic heterocycles. The summed E-state index contributed by atoms with van der Waals surface area (Å²) in [4.78, 5) is 0. The molecule has 0 fully saturated rings. The zero-order valence-corrected chi connectivity index (χ0v) is 14.2. The molecule has 0 saturated heterocycles. The molecule has 0 spiro atoms. The van der Waals surface area contributed by atoms with Gasteiger partial charge in [0.15, 0.2) is 0 Å². The second-order valence-electron chi connectivity index (χ2n) is 7.01. The van der Waals surface area contributed by atoms with Crippen LogP contribution in [0.5, 0.6) is 5.75 Å². The fourth-order valence-electron chi connectivity index (χ4n) is 4.29. The van der Waals surface area contributed by atoms with Gasteiger partial charge in [-0.1, -0.05) is 73.2 Å². The lowest BCUT2D eigenvalue weighted by Gasteiger charge is -2.32. The van der Waals surface area contributed by atoms with Gasteiger partial charge in [0.2, 0.25) is 0 Å². The molecule has 1 aliphatic rings. The summed E-state index contributed by atoms with van der Waals surface area (Å²) >= 11 is 0. The summed E-state index contributed by atoms with van der Waals surface area (Å²) in [7, 11) is 0. The molecule has 3 aromatic rings. The third kappa shape index (κ3) is 2.16. The Balaban J connectivity index is 2.01. The number of hydrogen-bond donors (Lipinski definition) is 1. The van der Waals surface area contributed by atoms with E-state index in [1.165, 1.54) is 27.8 Å². The van der Waals surface area contributed by atoms with Gasteiger partial charge in [0.05, 0.1) is 0 Å². The zero-order chi connectivity index (χ0) is 16.7. The van der Waals surface area contributed by atoms with Crippen LogP contribution in [-0.4, -0.2) is 5.11 Å². The standard InChI is InChI=1S/C23H22O/c1-16-7-9-18(10-8-16)23(19-11-13-20(24)14-12-19)15-17(2)21-5-3-4-6-22(21)23/h3-14,17,24H,15H2,1-2H3. The Morgan fingerprint density at radius 3 is 2.08 bits per heavy atom. The predicted octanol–water partition coefficient (Wildman–Crippen LogP) is 5.54. The van der Waals surface area contributed by atoms with E-state index in [2.05, 4.69) is 74.5 Å². The maximum atomic E-state index is 9.74. The molecule has 4 rings (SSSR count). The van der Waals surface area contributed by atoms with Crippen molar-refractivity contribution in [3.8, 4) is 5.75 Å². The summed E-state index contributed by atoms with van der Waals surface area (Å²) in [5, 5.41) is 9.74. The summed E-state index contributed by atoms with van der Waals surface area (Å²) in [6.07, 6.45) is 1.06. The first-order chi connectivity index (χ1) is 11.6. The van der Waals surface area contributed by atoms with Crippen molar-refractivity contribution in [2.45, 2.75) is 31.6 Å². The van der Waals surface area contributed by atoms with Crippen molar-refractivity contribution in [2.24, 2.45) is 0 Å². The summed E-state index contributed by atoms with van der Waals surface area (Å²) in [6.45, 7) is 4.44. The fraction of sp³-hybridized carbons (Fsp3) is 0.217. The Morgan fingerprint density at radius 1 is 0.833 bits per heavy atom. The van der Waals surface area contributed by atoms with Crippen molar-refractivity contribution in [3.05, 3.63) is 101 Å². The van der Waals surface area contributed by atoms with Crippen LogP contribution in [0.3, 0.4) is 0 Å². The Morgan fingerprint density at radius 2 is 1.42 bits per heavy atom. The predicted molar refractivity (Wildman–Crippen MR) is 98.6 cm³/mol. The lowest BCUT2D eigenvalue weighted by atomic mass is 9.70. The van der Waals surface area contributed by atoms with Crippen LogP contribution in [-0.2, 0) is 5.41 Å². The van der Waals surface area contributed by atoms with E-state index in [1.54, 1.807) is 12.1 Å². The van der Waals surface area contributed by atoms with Gasteiger partial charge in [-0.25, -0.2) is 0 Å². The van der Waals surface area contributed by atoms with E-state index < -0.39 is 0 Å². The van der Waals surface area contributed by atoms with Crippen LogP contribution in [0.15, 0.2) is 72.8 Å². The number of aromatic hydroxyl groups is 1. The highest BCUT2D eigenvalue weighted by molar-refractivity contribution is 5.58. The molecule has 1 heteroatoms. The van der Waals surface area contributed by atoms with E-state index in [9.17, 15) is 5.11 Å². The monoisotopic (exact) mass is 314 g/mol. The molecule has 0 aliphatic heterocycles. The number of benzene rings is 3. The van der Waals surface area contributed by atoms with Crippen molar-refractivity contribution < 1.29 is 5.11 Å².